The number of carbonyl (C=O) groups is 3. The number of methoxy groups -OCH3 is 2. The Morgan fingerprint density at radius 2 is 1.62 bits per heavy atom. The van der Waals surface area contributed by atoms with E-state index in [4.69, 9.17) is 14.0 Å². The van der Waals surface area contributed by atoms with Crippen LogP contribution in [-0.4, -0.2) is 69.2 Å². The van der Waals surface area contributed by atoms with E-state index in [0.29, 0.717) is 19.3 Å². The van der Waals surface area contributed by atoms with Crippen molar-refractivity contribution >= 4 is 27.6 Å². The Morgan fingerprint density at radius 1 is 1.07 bits per heavy atom. The van der Waals surface area contributed by atoms with Crippen LogP contribution in [0.15, 0.2) is 0 Å². The highest BCUT2D eigenvalue weighted by molar-refractivity contribution is 7.85. The standard InChI is InChI=1S/C12H23NO6S.C6H12O2.FH/c1-9(14)11(10(2)19-3)5-4-6-12(15)13-7-8-20(16,17)18;1-5(7)4-6(2)8-3;/h10-11H,4-8H2,1-3H3,(H,13,15)(H,16,17,18);6H,4H2,1-3H3;1H. The molecule has 0 aromatic heterocycles. The number of nitrogens with one attached hydrogen (secondary N) is 1. The molecule has 0 heterocycles. The summed E-state index contributed by atoms with van der Waals surface area (Å²) in [4.78, 5) is 33.2. The van der Waals surface area contributed by atoms with E-state index >= 15 is 0 Å². The lowest BCUT2D eigenvalue weighted by Crippen LogP contribution is -2.29. The molecule has 3 atom stereocenters. The molecule has 2 N–H and O–H groups in total. The first-order valence-electron chi connectivity index (χ1n) is 9.11. The van der Waals surface area contributed by atoms with Crippen LogP contribution in [0.4, 0.5) is 4.70 Å². The van der Waals surface area contributed by atoms with Crippen LogP contribution in [0.25, 0.3) is 0 Å². The van der Waals surface area contributed by atoms with Crippen LogP contribution < -0.4 is 5.32 Å². The second kappa shape index (κ2) is 17.4. The predicted molar refractivity (Wildman–Crippen MR) is 108 cm³/mol. The second-order valence-electron chi connectivity index (χ2n) is 6.64. The summed E-state index contributed by atoms with van der Waals surface area (Å²) in [6.07, 6.45) is 1.65. The number of ketones is 2. The zero-order valence-electron chi connectivity index (χ0n) is 18.1. The van der Waals surface area contributed by atoms with Crippen LogP contribution in [-0.2, 0) is 34.0 Å². The van der Waals surface area contributed by atoms with E-state index in [9.17, 15) is 22.8 Å². The van der Waals surface area contributed by atoms with Crippen molar-refractivity contribution in [3.63, 3.8) is 0 Å². The summed E-state index contributed by atoms with van der Waals surface area (Å²) in [5.41, 5.74) is 0. The predicted octanol–water partition coefficient (Wildman–Crippen LogP) is 1.55. The summed E-state index contributed by atoms with van der Waals surface area (Å²) in [6.45, 7) is 6.61. The van der Waals surface area contributed by atoms with Gasteiger partial charge in [-0.05, 0) is 40.5 Å². The zero-order chi connectivity index (χ0) is 22.3. The number of hydrogen-bond acceptors (Lipinski definition) is 7. The number of hydrogen-bond donors (Lipinski definition) is 2. The van der Waals surface area contributed by atoms with Gasteiger partial charge in [0.15, 0.2) is 0 Å². The minimum atomic E-state index is -4.06. The molecule has 0 aliphatic rings. The number of Topliss-reactive ketones (excluding diaryl/α,β-unsaturated/α-hetero) is 2. The molecule has 0 aliphatic carbocycles. The molecule has 0 spiro atoms. The molecule has 174 valence electrons. The number of carbonyl (C=O) groups excluding carboxylic acids is 3. The van der Waals surface area contributed by atoms with Crippen molar-refractivity contribution in [1.29, 1.82) is 0 Å². The Labute approximate surface area is 173 Å². The SMILES string of the molecule is COC(C)C(CCCC(=O)NCCS(=O)(=O)O)C(C)=O.COC(C)CC(C)=O.F. The van der Waals surface area contributed by atoms with Gasteiger partial charge in [0.2, 0.25) is 5.91 Å². The topological polar surface area (TPSA) is 136 Å². The van der Waals surface area contributed by atoms with Gasteiger partial charge in [-0.2, -0.15) is 8.42 Å². The van der Waals surface area contributed by atoms with Crippen molar-refractivity contribution in [2.45, 2.75) is 65.6 Å². The molecule has 0 bridgehead atoms. The Kier molecular flexibility index (Phi) is 19.4. The molecule has 0 aromatic carbocycles. The summed E-state index contributed by atoms with van der Waals surface area (Å²) in [7, 11) is -0.920. The van der Waals surface area contributed by atoms with Gasteiger partial charge in [0.1, 0.15) is 11.6 Å². The fraction of sp³-hybridized carbons (Fsp3) is 0.833. The molecule has 29 heavy (non-hydrogen) atoms. The maximum absolute atomic E-state index is 11.4. The van der Waals surface area contributed by atoms with Crippen LogP contribution in [0.5, 0.6) is 0 Å². The van der Waals surface area contributed by atoms with Gasteiger partial charge in [0, 0.05) is 39.5 Å². The number of amides is 1. The third-order valence-electron chi connectivity index (χ3n) is 4.04. The highest BCUT2D eigenvalue weighted by Crippen LogP contribution is 2.16. The van der Waals surface area contributed by atoms with Crippen molar-refractivity contribution in [3.8, 4) is 0 Å². The van der Waals surface area contributed by atoms with Gasteiger partial charge in [-0.25, -0.2) is 0 Å². The highest BCUT2D eigenvalue weighted by Gasteiger charge is 2.21. The van der Waals surface area contributed by atoms with Crippen molar-refractivity contribution in [2.24, 2.45) is 5.92 Å². The van der Waals surface area contributed by atoms with E-state index in [1.54, 1.807) is 21.0 Å². The van der Waals surface area contributed by atoms with E-state index in [-0.39, 0.29) is 53.3 Å². The maximum atomic E-state index is 11.4. The molecule has 0 saturated carbocycles. The van der Waals surface area contributed by atoms with E-state index < -0.39 is 15.9 Å². The number of ether oxygens (including phenoxy) is 2. The molecule has 0 aliphatic heterocycles. The summed E-state index contributed by atoms with van der Waals surface area (Å²) < 4.78 is 39.4. The smallest absolute Gasteiger partial charge is 0.266 e. The first-order chi connectivity index (χ1) is 12.8. The normalized spacial score (nSPS) is 13.8. The molecule has 0 radical (unpaired) electrons. The van der Waals surface area contributed by atoms with Gasteiger partial charge >= 0.3 is 0 Å². The molecule has 0 fully saturated rings. The molecule has 11 heteroatoms. The van der Waals surface area contributed by atoms with Crippen LogP contribution >= 0.6 is 0 Å². The molecule has 1 amide bonds. The van der Waals surface area contributed by atoms with Gasteiger partial charge in [0.05, 0.1) is 18.0 Å². The largest absolute Gasteiger partial charge is 0.381 e. The van der Waals surface area contributed by atoms with Crippen molar-refractivity contribution in [3.05, 3.63) is 0 Å². The van der Waals surface area contributed by atoms with Gasteiger partial charge in [-0.15, -0.1) is 0 Å². The van der Waals surface area contributed by atoms with Gasteiger partial charge in [-0.3, -0.25) is 23.6 Å². The summed E-state index contributed by atoms with van der Waals surface area (Å²) in [6, 6.07) is 0. The van der Waals surface area contributed by atoms with E-state index in [1.165, 1.54) is 14.0 Å². The Balaban J connectivity index is -0.000000636. The van der Waals surface area contributed by atoms with Gasteiger partial charge < -0.3 is 14.8 Å². The molecular formula is C18H36FNO8S. The maximum Gasteiger partial charge on any atom is 0.266 e. The summed E-state index contributed by atoms with van der Waals surface area (Å²) >= 11 is 0. The lowest BCUT2D eigenvalue weighted by molar-refractivity contribution is -0.126. The van der Waals surface area contributed by atoms with Crippen LogP contribution in [0.1, 0.15) is 53.4 Å². The van der Waals surface area contributed by atoms with Crippen molar-refractivity contribution < 1.29 is 41.5 Å². The van der Waals surface area contributed by atoms with Crippen LogP contribution in [0.3, 0.4) is 0 Å². The average molecular weight is 446 g/mol. The van der Waals surface area contributed by atoms with Crippen LogP contribution in [0.2, 0.25) is 0 Å². The number of halogens is 1. The Hall–Kier alpha value is -1.43. The van der Waals surface area contributed by atoms with Gasteiger partial charge in [-0.1, -0.05) is 0 Å². The van der Waals surface area contributed by atoms with Crippen molar-refractivity contribution in [1.82, 2.24) is 5.32 Å². The molecular weight excluding hydrogens is 409 g/mol. The lowest BCUT2D eigenvalue weighted by Gasteiger charge is -2.19. The molecule has 3 unspecified atom stereocenters. The van der Waals surface area contributed by atoms with E-state index in [2.05, 4.69) is 5.32 Å². The zero-order valence-corrected chi connectivity index (χ0v) is 18.9. The Bertz CT molecular complexity index is 582. The molecule has 0 rings (SSSR count). The fourth-order valence-electron chi connectivity index (χ4n) is 2.31. The molecule has 0 aromatic rings. The minimum absolute atomic E-state index is 0. The second-order valence-corrected chi connectivity index (χ2v) is 8.21. The molecule has 9 nitrogen and oxygen atoms in total. The van der Waals surface area contributed by atoms with Gasteiger partial charge in [0.25, 0.3) is 10.1 Å². The monoisotopic (exact) mass is 445 g/mol. The Morgan fingerprint density at radius 3 is 1.97 bits per heavy atom. The van der Waals surface area contributed by atoms with Crippen LogP contribution in [0, 0.1) is 5.92 Å². The lowest BCUT2D eigenvalue weighted by atomic mass is 9.93. The minimum Gasteiger partial charge on any atom is -0.381 e. The highest BCUT2D eigenvalue weighted by atomic mass is 32.2. The first kappa shape index (κ1) is 32.2. The quantitative estimate of drug-likeness (QED) is 0.408. The average Bonchev–Trinajstić information content (AvgIpc) is 2.56. The fourth-order valence-corrected chi connectivity index (χ4v) is 2.67. The number of rotatable bonds is 13. The summed E-state index contributed by atoms with van der Waals surface area (Å²) in [5.74, 6) is -0.854. The van der Waals surface area contributed by atoms with E-state index in [1.807, 2.05) is 6.92 Å². The van der Waals surface area contributed by atoms with Crippen molar-refractivity contribution in [2.75, 3.05) is 26.5 Å². The van der Waals surface area contributed by atoms with E-state index in [0.717, 1.165) is 0 Å². The molecule has 0 saturated heterocycles. The summed E-state index contributed by atoms with van der Waals surface area (Å²) in [5, 5.41) is 2.39. The third-order valence-corrected chi connectivity index (χ3v) is 4.76. The first-order valence-corrected chi connectivity index (χ1v) is 10.7. The third kappa shape index (κ3) is 21.1.